The van der Waals surface area contributed by atoms with E-state index in [-0.39, 0.29) is 0 Å². The molecule has 2 aliphatic rings. The van der Waals surface area contributed by atoms with Gasteiger partial charge in [0.05, 0.1) is 14.2 Å². The monoisotopic (exact) mass is 261 g/mol. The van der Waals surface area contributed by atoms with Gasteiger partial charge in [-0.3, -0.25) is 4.90 Å². The van der Waals surface area contributed by atoms with Crippen LogP contribution in [0.15, 0.2) is 18.2 Å². The molecule has 0 N–H and O–H groups in total. The van der Waals surface area contributed by atoms with Gasteiger partial charge in [-0.1, -0.05) is 6.07 Å². The maximum Gasteiger partial charge on any atom is 0.161 e. The first-order valence-corrected chi connectivity index (χ1v) is 7.23. The molecule has 1 atom stereocenters. The topological polar surface area (TPSA) is 21.7 Å². The van der Waals surface area contributed by atoms with Gasteiger partial charge in [-0.25, -0.2) is 0 Å². The Morgan fingerprint density at radius 1 is 1.05 bits per heavy atom. The van der Waals surface area contributed by atoms with Crippen molar-refractivity contribution in [2.75, 3.05) is 27.3 Å². The van der Waals surface area contributed by atoms with Crippen LogP contribution >= 0.6 is 0 Å². The Bertz CT molecular complexity index is 442. The van der Waals surface area contributed by atoms with Gasteiger partial charge in [0, 0.05) is 13.1 Å². The fourth-order valence-corrected chi connectivity index (χ4v) is 3.20. The van der Waals surface area contributed by atoms with E-state index in [2.05, 4.69) is 17.0 Å². The fraction of sp³-hybridized carbons (Fsp3) is 0.625. The minimum atomic E-state index is 0.809. The molecule has 1 aromatic carbocycles. The summed E-state index contributed by atoms with van der Waals surface area (Å²) in [6.07, 6.45) is 4.32. The van der Waals surface area contributed by atoms with E-state index in [9.17, 15) is 0 Å². The lowest BCUT2D eigenvalue weighted by atomic mass is 10.0. The normalized spacial score (nSPS) is 23.6. The number of ether oxygens (including phenoxy) is 2. The summed E-state index contributed by atoms with van der Waals surface area (Å²) in [5, 5.41) is 0. The van der Waals surface area contributed by atoms with Crippen molar-refractivity contribution in [1.82, 2.24) is 4.90 Å². The number of nitrogens with zero attached hydrogens (tertiary/aromatic N) is 1. The van der Waals surface area contributed by atoms with Gasteiger partial charge in [0.1, 0.15) is 0 Å². The van der Waals surface area contributed by atoms with Crippen molar-refractivity contribution < 1.29 is 9.47 Å². The van der Waals surface area contributed by atoms with Gasteiger partial charge in [0.2, 0.25) is 0 Å². The number of hydrogen-bond acceptors (Lipinski definition) is 3. The second-order valence-electron chi connectivity index (χ2n) is 5.81. The molecule has 0 amide bonds. The first-order valence-electron chi connectivity index (χ1n) is 7.23. The van der Waals surface area contributed by atoms with Crippen LogP contribution in [0.2, 0.25) is 0 Å². The molecule has 1 aliphatic heterocycles. The van der Waals surface area contributed by atoms with Crippen molar-refractivity contribution in [3.8, 4) is 11.5 Å². The highest BCUT2D eigenvalue weighted by Crippen LogP contribution is 2.41. The SMILES string of the molecule is COc1ccc(CN2CCC(C3CC3)C2)cc1OC. The molecule has 0 aromatic heterocycles. The Morgan fingerprint density at radius 3 is 2.53 bits per heavy atom. The van der Waals surface area contributed by atoms with E-state index in [1.54, 1.807) is 14.2 Å². The molecule has 3 heteroatoms. The van der Waals surface area contributed by atoms with Crippen LogP contribution in [0.4, 0.5) is 0 Å². The lowest BCUT2D eigenvalue weighted by Crippen LogP contribution is -2.20. The van der Waals surface area contributed by atoms with Crippen molar-refractivity contribution in [2.24, 2.45) is 11.8 Å². The summed E-state index contributed by atoms with van der Waals surface area (Å²) in [6, 6.07) is 6.25. The number of likely N-dealkylation sites (tertiary alicyclic amines) is 1. The number of rotatable bonds is 5. The highest BCUT2D eigenvalue weighted by Gasteiger charge is 2.35. The van der Waals surface area contributed by atoms with Crippen molar-refractivity contribution >= 4 is 0 Å². The summed E-state index contributed by atoms with van der Waals surface area (Å²) in [5.74, 6) is 3.64. The Hall–Kier alpha value is -1.22. The lowest BCUT2D eigenvalue weighted by Gasteiger charge is -2.17. The van der Waals surface area contributed by atoms with Crippen LogP contribution in [-0.2, 0) is 6.54 Å². The van der Waals surface area contributed by atoms with Crippen LogP contribution in [0.1, 0.15) is 24.8 Å². The maximum absolute atomic E-state index is 5.37. The molecular weight excluding hydrogens is 238 g/mol. The molecule has 1 saturated carbocycles. The van der Waals surface area contributed by atoms with Gasteiger partial charge < -0.3 is 9.47 Å². The summed E-state index contributed by atoms with van der Waals surface area (Å²) in [6.45, 7) is 3.55. The molecule has 0 radical (unpaired) electrons. The summed E-state index contributed by atoms with van der Waals surface area (Å²) in [5.41, 5.74) is 1.31. The Labute approximate surface area is 115 Å². The zero-order chi connectivity index (χ0) is 13.2. The Kier molecular flexibility index (Phi) is 3.65. The third-order valence-corrected chi connectivity index (χ3v) is 4.45. The third kappa shape index (κ3) is 2.86. The van der Waals surface area contributed by atoms with Crippen LogP contribution < -0.4 is 9.47 Å². The highest BCUT2D eigenvalue weighted by molar-refractivity contribution is 5.42. The van der Waals surface area contributed by atoms with Crippen molar-refractivity contribution in [2.45, 2.75) is 25.8 Å². The molecule has 19 heavy (non-hydrogen) atoms. The van der Waals surface area contributed by atoms with Crippen molar-refractivity contribution in [3.05, 3.63) is 23.8 Å². The second kappa shape index (κ2) is 5.41. The summed E-state index contributed by atoms with van der Waals surface area (Å²) in [7, 11) is 3.37. The molecule has 1 aromatic rings. The first-order chi connectivity index (χ1) is 9.30. The van der Waals surface area contributed by atoms with Crippen LogP contribution in [-0.4, -0.2) is 32.2 Å². The molecule has 2 fully saturated rings. The zero-order valence-electron chi connectivity index (χ0n) is 11.9. The van der Waals surface area contributed by atoms with Crippen LogP contribution in [0, 0.1) is 11.8 Å². The van der Waals surface area contributed by atoms with Gasteiger partial charge >= 0.3 is 0 Å². The standard InChI is InChI=1S/C16H23NO2/c1-18-15-6-3-12(9-16(15)19-2)10-17-8-7-14(11-17)13-4-5-13/h3,6,9,13-14H,4-5,7-8,10-11H2,1-2H3. The van der Waals surface area contributed by atoms with E-state index < -0.39 is 0 Å². The maximum atomic E-state index is 5.37. The predicted molar refractivity (Wildman–Crippen MR) is 75.7 cm³/mol. The first kappa shape index (κ1) is 12.8. The molecule has 0 spiro atoms. The van der Waals surface area contributed by atoms with Gasteiger partial charge in [-0.2, -0.15) is 0 Å². The van der Waals surface area contributed by atoms with E-state index in [4.69, 9.17) is 9.47 Å². The van der Waals surface area contributed by atoms with Crippen LogP contribution in [0.3, 0.4) is 0 Å². The molecule has 3 rings (SSSR count). The molecule has 104 valence electrons. The van der Waals surface area contributed by atoms with Gasteiger partial charge in [-0.15, -0.1) is 0 Å². The summed E-state index contributed by atoms with van der Waals surface area (Å²) in [4.78, 5) is 2.57. The minimum absolute atomic E-state index is 0.809. The number of methoxy groups -OCH3 is 2. The third-order valence-electron chi connectivity index (χ3n) is 4.45. The van der Waals surface area contributed by atoms with E-state index in [1.165, 1.54) is 37.9 Å². The van der Waals surface area contributed by atoms with Gasteiger partial charge in [0.25, 0.3) is 0 Å². The number of benzene rings is 1. The smallest absolute Gasteiger partial charge is 0.161 e. The second-order valence-corrected chi connectivity index (χ2v) is 5.81. The summed E-state index contributed by atoms with van der Waals surface area (Å²) >= 11 is 0. The lowest BCUT2D eigenvalue weighted by molar-refractivity contribution is 0.308. The van der Waals surface area contributed by atoms with Crippen molar-refractivity contribution in [1.29, 1.82) is 0 Å². The Morgan fingerprint density at radius 2 is 1.84 bits per heavy atom. The van der Waals surface area contributed by atoms with E-state index in [1.807, 2.05) is 6.07 Å². The molecule has 3 nitrogen and oxygen atoms in total. The van der Waals surface area contributed by atoms with Crippen LogP contribution in [0.5, 0.6) is 11.5 Å². The zero-order valence-corrected chi connectivity index (χ0v) is 11.9. The number of hydrogen-bond donors (Lipinski definition) is 0. The highest BCUT2D eigenvalue weighted by atomic mass is 16.5. The van der Waals surface area contributed by atoms with Gasteiger partial charge in [0.15, 0.2) is 11.5 Å². The van der Waals surface area contributed by atoms with Gasteiger partial charge in [-0.05, 0) is 55.3 Å². The fourth-order valence-electron chi connectivity index (χ4n) is 3.20. The van der Waals surface area contributed by atoms with E-state index in [0.717, 1.165) is 29.9 Å². The van der Waals surface area contributed by atoms with Crippen LogP contribution in [0.25, 0.3) is 0 Å². The van der Waals surface area contributed by atoms with E-state index in [0.29, 0.717) is 0 Å². The summed E-state index contributed by atoms with van der Waals surface area (Å²) < 4.78 is 10.6. The average molecular weight is 261 g/mol. The molecule has 0 bridgehead atoms. The predicted octanol–water partition coefficient (Wildman–Crippen LogP) is 2.94. The van der Waals surface area contributed by atoms with E-state index >= 15 is 0 Å². The average Bonchev–Trinajstić information content (AvgIpc) is 3.19. The largest absolute Gasteiger partial charge is 0.493 e. The molecule has 1 saturated heterocycles. The quantitative estimate of drug-likeness (QED) is 0.813. The Balaban J connectivity index is 1.63. The minimum Gasteiger partial charge on any atom is -0.493 e. The molecule has 1 unspecified atom stereocenters. The molecule has 1 aliphatic carbocycles. The van der Waals surface area contributed by atoms with Crippen molar-refractivity contribution in [3.63, 3.8) is 0 Å². The molecule has 1 heterocycles. The molecular formula is C16H23NO2.